The minimum absolute atomic E-state index is 0.0329. The van der Waals surface area contributed by atoms with Gasteiger partial charge in [0.05, 0.1) is 11.5 Å². The molecule has 2 aromatic rings. The average molecular weight is 489 g/mol. The van der Waals surface area contributed by atoms with Crippen LogP contribution in [0.5, 0.6) is 11.5 Å². The molecule has 3 N–H and O–H groups in total. The van der Waals surface area contributed by atoms with Crippen LogP contribution in [0.2, 0.25) is 0 Å². The van der Waals surface area contributed by atoms with E-state index >= 15 is 0 Å². The van der Waals surface area contributed by atoms with E-state index in [2.05, 4.69) is 5.32 Å². The first-order valence-electron chi connectivity index (χ1n) is 10.2. The van der Waals surface area contributed by atoms with Crippen molar-refractivity contribution in [2.45, 2.75) is 12.5 Å². The number of ether oxygens (including phenoxy) is 2. The molecule has 0 saturated carbocycles. The average Bonchev–Trinajstić information content (AvgIpc) is 2.82. The van der Waals surface area contributed by atoms with Crippen molar-refractivity contribution >= 4 is 23.7 Å². The molecular weight excluding hydrogens is 462 g/mol. The van der Waals surface area contributed by atoms with Gasteiger partial charge in [0.2, 0.25) is 0 Å². The molecule has 0 aliphatic rings. The Morgan fingerprint density at radius 3 is 1.94 bits per heavy atom. The van der Waals surface area contributed by atoms with Gasteiger partial charge < -0.3 is 29.9 Å². The summed E-state index contributed by atoms with van der Waals surface area (Å²) in [5, 5.41) is 29.5. The summed E-state index contributed by atoms with van der Waals surface area (Å²) in [4.78, 5) is 42.2. The molecule has 0 aliphatic heterocycles. The fraction of sp³-hybridized carbons (Fsp3) is 0.261. The fourth-order valence-corrected chi connectivity index (χ4v) is 2.54. The van der Waals surface area contributed by atoms with Crippen LogP contribution in [0.15, 0.2) is 60.7 Å². The minimum Gasteiger partial charge on any atom is -0.494 e. The third-order valence-corrected chi connectivity index (χ3v) is 4.29. The number of hydrogen-bond donors (Lipinski definition) is 3. The normalized spacial score (nSPS) is 11.1. The molecule has 2 rings (SSSR count). The van der Waals surface area contributed by atoms with Crippen molar-refractivity contribution in [2.75, 3.05) is 27.7 Å². The SMILES string of the molecule is CN[C@@H](CCOc1ccc([N+](=O)[O-])cc1)c1ccc(OC(=O)N(C)C)cc1.O=C(O)C=CC(=O)O. The predicted molar refractivity (Wildman–Crippen MR) is 126 cm³/mol. The molecule has 0 unspecified atom stereocenters. The summed E-state index contributed by atoms with van der Waals surface area (Å²) in [6.45, 7) is 0.445. The van der Waals surface area contributed by atoms with Crippen LogP contribution < -0.4 is 14.8 Å². The van der Waals surface area contributed by atoms with Crippen LogP contribution in [0.1, 0.15) is 18.0 Å². The topological polar surface area (TPSA) is 169 Å². The standard InChI is InChI=1S/C19H23N3O5.C4H4O4/c1-20-18(12-13-26-16-10-6-15(7-11-16)22(24)25)14-4-8-17(9-5-14)27-19(23)21(2)3;5-3(6)1-2-4(7)8/h4-11,18,20H,12-13H2,1-3H3;1-2H,(H,5,6)(H,7,8)/t18-;/m0./s1. The van der Waals surface area contributed by atoms with Gasteiger partial charge in [-0.1, -0.05) is 12.1 Å². The van der Waals surface area contributed by atoms with Gasteiger partial charge in [0, 0.05) is 50.8 Å². The molecule has 0 spiro atoms. The fourth-order valence-electron chi connectivity index (χ4n) is 2.54. The zero-order valence-corrected chi connectivity index (χ0v) is 19.4. The van der Waals surface area contributed by atoms with Gasteiger partial charge in [-0.3, -0.25) is 10.1 Å². The van der Waals surface area contributed by atoms with Gasteiger partial charge in [-0.15, -0.1) is 0 Å². The van der Waals surface area contributed by atoms with Gasteiger partial charge in [-0.25, -0.2) is 14.4 Å². The summed E-state index contributed by atoms with van der Waals surface area (Å²) in [6, 6.07) is 13.3. The molecule has 0 heterocycles. The lowest BCUT2D eigenvalue weighted by molar-refractivity contribution is -0.384. The number of benzene rings is 2. The summed E-state index contributed by atoms with van der Waals surface area (Å²) in [5.74, 6) is -1.45. The number of aliphatic carboxylic acids is 2. The van der Waals surface area contributed by atoms with Crippen molar-refractivity contribution in [2.24, 2.45) is 0 Å². The van der Waals surface area contributed by atoms with Gasteiger partial charge in [0.25, 0.3) is 5.69 Å². The third-order valence-electron chi connectivity index (χ3n) is 4.29. The number of amides is 1. The first kappa shape index (κ1) is 28.6. The van der Waals surface area contributed by atoms with Gasteiger partial charge in [0.1, 0.15) is 11.5 Å². The molecule has 0 fully saturated rings. The monoisotopic (exact) mass is 489 g/mol. The first-order chi connectivity index (χ1) is 16.5. The van der Waals surface area contributed by atoms with E-state index in [4.69, 9.17) is 19.7 Å². The summed E-state index contributed by atoms with van der Waals surface area (Å²) in [5.41, 5.74) is 1.07. The number of nitro benzene ring substituents is 1. The van der Waals surface area contributed by atoms with Crippen LogP contribution in [0.3, 0.4) is 0 Å². The molecule has 0 bridgehead atoms. The van der Waals surface area contributed by atoms with Crippen LogP contribution in [-0.2, 0) is 9.59 Å². The van der Waals surface area contributed by atoms with E-state index in [1.165, 1.54) is 17.0 Å². The van der Waals surface area contributed by atoms with Crippen molar-refractivity contribution in [1.82, 2.24) is 10.2 Å². The Morgan fingerprint density at radius 1 is 1.00 bits per heavy atom. The Kier molecular flexibility index (Phi) is 12.0. The summed E-state index contributed by atoms with van der Waals surface area (Å²) < 4.78 is 10.9. The van der Waals surface area contributed by atoms with Crippen LogP contribution in [0.25, 0.3) is 0 Å². The second-order valence-electron chi connectivity index (χ2n) is 7.07. The number of non-ortho nitro benzene ring substituents is 1. The number of carboxylic acid groups (broad SMARTS) is 2. The summed E-state index contributed by atoms with van der Waals surface area (Å²) in [6.07, 6.45) is 1.39. The minimum atomic E-state index is -1.26. The van der Waals surface area contributed by atoms with Gasteiger partial charge >= 0.3 is 18.0 Å². The maximum absolute atomic E-state index is 11.6. The predicted octanol–water partition coefficient (Wildman–Crippen LogP) is 3.10. The number of nitro groups is 1. The zero-order chi connectivity index (χ0) is 26.4. The molecule has 1 atom stereocenters. The number of nitrogens with one attached hydrogen (secondary N) is 1. The van der Waals surface area contributed by atoms with Crippen molar-refractivity contribution in [3.8, 4) is 11.5 Å². The summed E-state index contributed by atoms with van der Waals surface area (Å²) >= 11 is 0. The van der Waals surface area contributed by atoms with Gasteiger partial charge in [0.15, 0.2) is 0 Å². The highest BCUT2D eigenvalue weighted by atomic mass is 16.6. The quantitative estimate of drug-likeness (QED) is 0.256. The van der Waals surface area contributed by atoms with E-state index in [0.717, 1.165) is 5.56 Å². The highest BCUT2D eigenvalue weighted by Crippen LogP contribution is 2.22. The number of carbonyl (C=O) groups excluding carboxylic acids is 1. The van der Waals surface area contributed by atoms with Crippen molar-refractivity contribution < 1.29 is 39.0 Å². The summed E-state index contributed by atoms with van der Waals surface area (Å²) in [7, 11) is 5.11. The maximum atomic E-state index is 11.6. The molecule has 0 aromatic heterocycles. The van der Waals surface area contributed by atoms with E-state index < -0.39 is 23.0 Å². The van der Waals surface area contributed by atoms with Crippen LogP contribution >= 0.6 is 0 Å². The highest BCUT2D eigenvalue weighted by Gasteiger charge is 2.12. The molecular formula is C23H27N3O9. The Bertz CT molecular complexity index is 1000. The number of nitrogens with zero attached hydrogens (tertiary/aromatic N) is 2. The number of carboxylic acids is 2. The Balaban J connectivity index is 0.000000658. The molecule has 35 heavy (non-hydrogen) atoms. The number of hydrogen-bond acceptors (Lipinski definition) is 8. The molecule has 0 saturated heterocycles. The van der Waals surface area contributed by atoms with Crippen molar-refractivity contribution in [3.05, 3.63) is 76.4 Å². The molecule has 188 valence electrons. The van der Waals surface area contributed by atoms with Crippen LogP contribution in [0, 0.1) is 10.1 Å². The molecule has 12 nitrogen and oxygen atoms in total. The largest absolute Gasteiger partial charge is 0.494 e. The lowest BCUT2D eigenvalue weighted by Gasteiger charge is -2.18. The maximum Gasteiger partial charge on any atom is 0.414 e. The lowest BCUT2D eigenvalue weighted by atomic mass is 10.0. The number of rotatable bonds is 10. The van der Waals surface area contributed by atoms with E-state index in [9.17, 15) is 24.5 Å². The third kappa shape index (κ3) is 11.3. The van der Waals surface area contributed by atoms with E-state index in [0.29, 0.717) is 36.7 Å². The van der Waals surface area contributed by atoms with Crippen LogP contribution in [-0.4, -0.2) is 65.8 Å². The molecule has 0 aliphatic carbocycles. The Hall–Kier alpha value is -4.45. The zero-order valence-electron chi connectivity index (χ0n) is 19.4. The van der Waals surface area contributed by atoms with E-state index in [1.807, 2.05) is 19.2 Å². The molecule has 12 heteroatoms. The van der Waals surface area contributed by atoms with E-state index in [-0.39, 0.29) is 11.7 Å². The second kappa shape index (κ2) is 14.6. The van der Waals surface area contributed by atoms with E-state index in [1.54, 1.807) is 38.4 Å². The van der Waals surface area contributed by atoms with Crippen LogP contribution in [0.4, 0.5) is 10.5 Å². The number of carbonyl (C=O) groups is 3. The molecule has 2 aromatic carbocycles. The smallest absolute Gasteiger partial charge is 0.414 e. The first-order valence-corrected chi connectivity index (χ1v) is 10.2. The molecule has 0 radical (unpaired) electrons. The lowest BCUT2D eigenvalue weighted by Crippen LogP contribution is -2.25. The van der Waals surface area contributed by atoms with Gasteiger partial charge in [-0.05, 0) is 36.9 Å². The second-order valence-corrected chi connectivity index (χ2v) is 7.07. The van der Waals surface area contributed by atoms with Crippen molar-refractivity contribution in [1.29, 1.82) is 0 Å². The Labute approximate surface area is 201 Å². The van der Waals surface area contributed by atoms with Crippen molar-refractivity contribution in [3.63, 3.8) is 0 Å². The van der Waals surface area contributed by atoms with Gasteiger partial charge in [-0.2, -0.15) is 0 Å². The molecule has 1 amide bonds. The Morgan fingerprint density at radius 2 is 1.51 bits per heavy atom. The highest BCUT2D eigenvalue weighted by molar-refractivity contribution is 5.89.